The first-order valence-electron chi connectivity index (χ1n) is 8.26. The Hall–Kier alpha value is -2.24. The van der Waals surface area contributed by atoms with Gasteiger partial charge in [-0.3, -0.25) is 4.79 Å². The lowest BCUT2D eigenvalue weighted by molar-refractivity contribution is -0.148. The van der Waals surface area contributed by atoms with Crippen molar-refractivity contribution in [2.24, 2.45) is 0 Å². The first-order valence-corrected chi connectivity index (χ1v) is 8.26. The SMILES string of the molecule is COc1ccc(OC)c(CC(=O)NC2(C(=O)O)CCCCCC2)c1. The third kappa shape index (κ3) is 4.19. The van der Waals surface area contributed by atoms with Crippen LogP contribution >= 0.6 is 0 Å². The number of ether oxygens (including phenoxy) is 2. The average molecular weight is 335 g/mol. The van der Waals surface area contributed by atoms with Crippen LogP contribution in [-0.4, -0.2) is 36.7 Å². The molecule has 1 aromatic carbocycles. The molecule has 24 heavy (non-hydrogen) atoms. The van der Waals surface area contributed by atoms with Crippen molar-refractivity contribution in [2.75, 3.05) is 14.2 Å². The fourth-order valence-corrected chi connectivity index (χ4v) is 3.23. The normalized spacial score (nSPS) is 16.8. The fourth-order valence-electron chi connectivity index (χ4n) is 3.23. The van der Waals surface area contributed by atoms with Gasteiger partial charge in [0.1, 0.15) is 17.0 Å². The summed E-state index contributed by atoms with van der Waals surface area (Å²) in [7, 11) is 3.09. The summed E-state index contributed by atoms with van der Waals surface area (Å²) in [4.78, 5) is 24.3. The number of carboxylic acid groups (broad SMARTS) is 1. The van der Waals surface area contributed by atoms with E-state index in [-0.39, 0.29) is 12.3 Å². The van der Waals surface area contributed by atoms with E-state index in [4.69, 9.17) is 9.47 Å². The number of benzene rings is 1. The van der Waals surface area contributed by atoms with Gasteiger partial charge in [0, 0.05) is 5.56 Å². The lowest BCUT2D eigenvalue weighted by atomic mass is 9.90. The summed E-state index contributed by atoms with van der Waals surface area (Å²) >= 11 is 0. The summed E-state index contributed by atoms with van der Waals surface area (Å²) in [6, 6.07) is 5.23. The summed E-state index contributed by atoms with van der Waals surface area (Å²) < 4.78 is 10.5. The first kappa shape index (κ1) is 18.1. The lowest BCUT2D eigenvalue weighted by Gasteiger charge is -2.29. The van der Waals surface area contributed by atoms with Crippen molar-refractivity contribution < 1.29 is 24.2 Å². The highest BCUT2D eigenvalue weighted by Gasteiger charge is 2.40. The maximum absolute atomic E-state index is 12.5. The summed E-state index contributed by atoms with van der Waals surface area (Å²) in [5, 5.41) is 12.4. The molecule has 2 N–H and O–H groups in total. The summed E-state index contributed by atoms with van der Waals surface area (Å²) in [5.41, 5.74) is -0.483. The number of methoxy groups -OCH3 is 2. The van der Waals surface area contributed by atoms with E-state index in [9.17, 15) is 14.7 Å². The molecular formula is C18H25NO5. The zero-order valence-electron chi connectivity index (χ0n) is 14.3. The van der Waals surface area contributed by atoms with Gasteiger partial charge in [-0.25, -0.2) is 4.79 Å². The van der Waals surface area contributed by atoms with Crippen molar-refractivity contribution in [2.45, 2.75) is 50.5 Å². The molecule has 0 bridgehead atoms. The van der Waals surface area contributed by atoms with Crippen molar-refractivity contribution in [3.05, 3.63) is 23.8 Å². The highest BCUT2D eigenvalue weighted by atomic mass is 16.5. The first-order chi connectivity index (χ1) is 11.5. The van der Waals surface area contributed by atoms with E-state index in [0.717, 1.165) is 25.7 Å². The van der Waals surface area contributed by atoms with Gasteiger partial charge in [-0.05, 0) is 31.0 Å². The third-order valence-corrected chi connectivity index (χ3v) is 4.58. The predicted octanol–water partition coefficient (Wildman–Crippen LogP) is 2.54. The molecule has 0 unspecified atom stereocenters. The van der Waals surface area contributed by atoms with E-state index in [1.54, 1.807) is 25.3 Å². The fraction of sp³-hybridized carbons (Fsp3) is 0.556. The van der Waals surface area contributed by atoms with E-state index in [0.29, 0.717) is 29.9 Å². The second-order valence-electron chi connectivity index (χ2n) is 6.20. The molecule has 0 aromatic heterocycles. The monoisotopic (exact) mass is 335 g/mol. The minimum atomic E-state index is -1.15. The molecule has 1 aromatic rings. The second-order valence-corrected chi connectivity index (χ2v) is 6.20. The Morgan fingerprint density at radius 1 is 1.12 bits per heavy atom. The van der Waals surface area contributed by atoms with Gasteiger partial charge < -0.3 is 19.9 Å². The topological polar surface area (TPSA) is 84.9 Å². The number of carbonyl (C=O) groups excluding carboxylic acids is 1. The largest absolute Gasteiger partial charge is 0.497 e. The number of rotatable bonds is 6. The highest BCUT2D eigenvalue weighted by Crippen LogP contribution is 2.29. The van der Waals surface area contributed by atoms with E-state index in [1.165, 1.54) is 7.11 Å². The number of hydrogen-bond donors (Lipinski definition) is 2. The number of carboxylic acids is 1. The Bertz CT molecular complexity index is 591. The quantitative estimate of drug-likeness (QED) is 0.781. The lowest BCUT2D eigenvalue weighted by Crippen LogP contribution is -2.54. The van der Waals surface area contributed by atoms with Gasteiger partial charge in [0.25, 0.3) is 0 Å². The van der Waals surface area contributed by atoms with Crippen LogP contribution < -0.4 is 14.8 Å². The Morgan fingerprint density at radius 2 is 1.79 bits per heavy atom. The Labute approximate surface area is 142 Å². The van der Waals surface area contributed by atoms with Crippen molar-refractivity contribution in [1.29, 1.82) is 0 Å². The molecule has 1 saturated carbocycles. The molecule has 1 aliphatic rings. The van der Waals surface area contributed by atoms with E-state index >= 15 is 0 Å². The van der Waals surface area contributed by atoms with Crippen LogP contribution in [0.2, 0.25) is 0 Å². The standard InChI is InChI=1S/C18H25NO5/c1-23-14-7-8-15(24-2)13(11-14)12-16(20)19-18(17(21)22)9-5-3-4-6-10-18/h7-8,11H,3-6,9-10,12H2,1-2H3,(H,19,20)(H,21,22). The van der Waals surface area contributed by atoms with Crippen LogP contribution in [0.3, 0.4) is 0 Å². The zero-order chi connectivity index (χ0) is 17.6. The van der Waals surface area contributed by atoms with Gasteiger partial charge in [-0.15, -0.1) is 0 Å². The van der Waals surface area contributed by atoms with Gasteiger partial charge in [0.2, 0.25) is 5.91 Å². The number of carbonyl (C=O) groups is 2. The molecular weight excluding hydrogens is 310 g/mol. The van der Waals surface area contributed by atoms with Crippen molar-refractivity contribution in [3.8, 4) is 11.5 Å². The number of amides is 1. The van der Waals surface area contributed by atoms with Crippen LogP contribution in [0, 0.1) is 0 Å². The van der Waals surface area contributed by atoms with Crippen LogP contribution in [0.1, 0.15) is 44.1 Å². The summed E-state index contributed by atoms with van der Waals surface area (Å²) in [6.45, 7) is 0. The maximum atomic E-state index is 12.5. The molecule has 2 rings (SSSR count). The van der Waals surface area contributed by atoms with Crippen LogP contribution in [0.5, 0.6) is 11.5 Å². The Balaban J connectivity index is 2.15. The average Bonchev–Trinajstić information content (AvgIpc) is 2.81. The number of hydrogen-bond acceptors (Lipinski definition) is 4. The molecule has 0 spiro atoms. The molecule has 1 aliphatic carbocycles. The highest BCUT2D eigenvalue weighted by molar-refractivity contribution is 5.88. The van der Waals surface area contributed by atoms with Gasteiger partial charge in [0.15, 0.2) is 0 Å². The van der Waals surface area contributed by atoms with Gasteiger partial charge in [-0.2, -0.15) is 0 Å². The second kappa shape index (κ2) is 8.04. The van der Waals surface area contributed by atoms with Gasteiger partial charge in [-0.1, -0.05) is 25.7 Å². The molecule has 0 heterocycles. The van der Waals surface area contributed by atoms with E-state index in [1.807, 2.05) is 0 Å². The smallest absolute Gasteiger partial charge is 0.329 e. The summed E-state index contributed by atoms with van der Waals surface area (Å²) in [5.74, 6) is -0.0570. The number of aliphatic carboxylic acids is 1. The molecule has 6 heteroatoms. The van der Waals surface area contributed by atoms with Crippen LogP contribution in [0.25, 0.3) is 0 Å². The molecule has 1 amide bonds. The molecule has 0 radical (unpaired) electrons. The number of nitrogens with one attached hydrogen (secondary N) is 1. The Morgan fingerprint density at radius 3 is 2.33 bits per heavy atom. The molecule has 0 saturated heterocycles. The molecule has 6 nitrogen and oxygen atoms in total. The van der Waals surface area contributed by atoms with Crippen molar-refractivity contribution >= 4 is 11.9 Å². The minimum Gasteiger partial charge on any atom is -0.497 e. The van der Waals surface area contributed by atoms with Crippen LogP contribution in [0.4, 0.5) is 0 Å². The Kier molecular flexibility index (Phi) is 6.06. The molecule has 0 atom stereocenters. The summed E-state index contributed by atoms with van der Waals surface area (Å²) in [6.07, 6.45) is 4.65. The van der Waals surface area contributed by atoms with Crippen LogP contribution in [-0.2, 0) is 16.0 Å². The van der Waals surface area contributed by atoms with Crippen LogP contribution in [0.15, 0.2) is 18.2 Å². The zero-order valence-corrected chi connectivity index (χ0v) is 14.3. The van der Waals surface area contributed by atoms with E-state index in [2.05, 4.69) is 5.32 Å². The molecule has 0 aliphatic heterocycles. The maximum Gasteiger partial charge on any atom is 0.329 e. The van der Waals surface area contributed by atoms with Gasteiger partial charge in [0.05, 0.1) is 20.6 Å². The molecule has 1 fully saturated rings. The van der Waals surface area contributed by atoms with E-state index < -0.39 is 11.5 Å². The van der Waals surface area contributed by atoms with Gasteiger partial charge >= 0.3 is 5.97 Å². The van der Waals surface area contributed by atoms with Crippen molar-refractivity contribution in [3.63, 3.8) is 0 Å². The third-order valence-electron chi connectivity index (χ3n) is 4.58. The van der Waals surface area contributed by atoms with Crippen molar-refractivity contribution in [1.82, 2.24) is 5.32 Å². The predicted molar refractivity (Wildman–Crippen MR) is 89.5 cm³/mol. The minimum absolute atomic E-state index is 0.0510. The molecule has 132 valence electrons.